The second kappa shape index (κ2) is 4.77. The maximum absolute atomic E-state index is 12.0. The lowest BCUT2D eigenvalue weighted by molar-refractivity contribution is 0.394. The van der Waals surface area contributed by atoms with Gasteiger partial charge in [0.2, 0.25) is 10.0 Å². The molecular formula is C11H16N2O4S2. The minimum absolute atomic E-state index is 0.179. The van der Waals surface area contributed by atoms with Crippen LogP contribution in [0.15, 0.2) is 18.2 Å². The number of benzene rings is 1. The van der Waals surface area contributed by atoms with Gasteiger partial charge in [0.25, 0.3) is 0 Å². The molecule has 1 aliphatic heterocycles. The number of sulfonamides is 1. The number of rotatable bonds is 3. The molecule has 0 radical (unpaired) electrons. The summed E-state index contributed by atoms with van der Waals surface area (Å²) in [5.41, 5.74) is 8.14. The van der Waals surface area contributed by atoms with Crippen molar-refractivity contribution < 1.29 is 16.8 Å². The fraction of sp³-hybridized carbons (Fsp3) is 0.455. The third-order valence-corrected chi connectivity index (χ3v) is 6.97. The smallest absolute Gasteiger partial charge is 0.228 e. The number of hydrogen-bond acceptors (Lipinski definition) is 5. The Labute approximate surface area is 113 Å². The maximum atomic E-state index is 12.0. The van der Waals surface area contributed by atoms with Crippen LogP contribution in [-0.4, -0.2) is 39.0 Å². The van der Waals surface area contributed by atoms with Crippen molar-refractivity contribution in [2.45, 2.75) is 13.0 Å². The zero-order valence-electron chi connectivity index (χ0n) is 10.5. The van der Waals surface area contributed by atoms with Crippen LogP contribution >= 0.6 is 0 Å². The van der Waals surface area contributed by atoms with Crippen LogP contribution in [0.4, 0.5) is 5.69 Å². The minimum atomic E-state index is -3.79. The first-order valence-electron chi connectivity index (χ1n) is 5.70. The Hall–Kier alpha value is -1.12. The van der Waals surface area contributed by atoms with Gasteiger partial charge >= 0.3 is 0 Å². The summed E-state index contributed by atoms with van der Waals surface area (Å²) < 4.78 is 47.6. The van der Waals surface area contributed by atoms with Crippen LogP contribution in [0, 0.1) is 0 Å². The van der Waals surface area contributed by atoms with Crippen molar-refractivity contribution in [1.29, 1.82) is 0 Å². The highest BCUT2D eigenvalue weighted by atomic mass is 32.3. The summed E-state index contributed by atoms with van der Waals surface area (Å²) in [6.45, 7) is 0.479. The van der Waals surface area contributed by atoms with E-state index in [9.17, 15) is 16.8 Å². The molecule has 0 aliphatic carbocycles. The van der Waals surface area contributed by atoms with E-state index >= 15 is 0 Å². The van der Waals surface area contributed by atoms with Crippen LogP contribution < -0.4 is 5.73 Å². The Morgan fingerprint density at radius 3 is 2.53 bits per heavy atom. The SMILES string of the molecule is CS(=O)(=O)CS(=O)(=O)N1CCc2ccc(N)cc2C1. The summed E-state index contributed by atoms with van der Waals surface area (Å²) in [5, 5.41) is -0.850. The third-order valence-electron chi connectivity index (χ3n) is 2.96. The van der Waals surface area contributed by atoms with E-state index in [0.29, 0.717) is 18.7 Å². The Kier molecular flexibility index (Phi) is 3.59. The molecule has 8 heteroatoms. The number of nitrogen functional groups attached to an aromatic ring is 1. The topological polar surface area (TPSA) is 97.5 Å². The van der Waals surface area contributed by atoms with Gasteiger partial charge in [0, 0.05) is 25.0 Å². The standard InChI is InChI=1S/C11H16N2O4S2/c1-18(14,15)8-19(16,17)13-5-4-9-2-3-11(12)6-10(9)7-13/h2-3,6H,4-5,7-8,12H2,1H3. The Balaban J connectivity index is 2.27. The fourth-order valence-electron chi connectivity index (χ4n) is 2.13. The van der Waals surface area contributed by atoms with E-state index in [1.165, 1.54) is 4.31 Å². The number of nitrogens with zero attached hydrogens (tertiary/aromatic N) is 1. The number of nitrogens with two attached hydrogens (primary N) is 1. The molecule has 1 heterocycles. The average Bonchev–Trinajstić information content (AvgIpc) is 2.24. The predicted molar refractivity (Wildman–Crippen MR) is 73.6 cm³/mol. The van der Waals surface area contributed by atoms with E-state index < -0.39 is 24.9 Å². The molecule has 0 saturated carbocycles. The Bertz CT molecular complexity index is 695. The average molecular weight is 304 g/mol. The number of anilines is 1. The summed E-state index contributed by atoms with van der Waals surface area (Å²) in [6.07, 6.45) is 1.49. The van der Waals surface area contributed by atoms with Gasteiger partial charge in [-0.25, -0.2) is 16.8 Å². The summed E-state index contributed by atoms with van der Waals surface area (Å²) in [7, 11) is -7.36. The van der Waals surface area contributed by atoms with Crippen LogP contribution in [0.25, 0.3) is 0 Å². The molecule has 0 fully saturated rings. The van der Waals surface area contributed by atoms with Gasteiger partial charge in [-0.15, -0.1) is 0 Å². The lowest BCUT2D eigenvalue weighted by atomic mass is 10.0. The zero-order valence-corrected chi connectivity index (χ0v) is 12.2. The first kappa shape index (κ1) is 14.3. The van der Waals surface area contributed by atoms with Crippen molar-refractivity contribution in [3.05, 3.63) is 29.3 Å². The van der Waals surface area contributed by atoms with Crippen molar-refractivity contribution in [3.8, 4) is 0 Å². The van der Waals surface area contributed by atoms with Gasteiger partial charge in [0.15, 0.2) is 14.9 Å². The first-order chi connectivity index (χ1) is 8.67. The lowest BCUT2D eigenvalue weighted by Gasteiger charge is -2.28. The second-order valence-corrected chi connectivity index (χ2v) is 9.24. The molecule has 1 aromatic rings. The maximum Gasteiger partial charge on any atom is 0.228 e. The molecule has 0 atom stereocenters. The Morgan fingerprint density at radius 1 is 1.21 bits per heavy atom. The van der Waals surface area contributed by atoms with Gasteiger partial charge in [-0.05, 0) is 29.7 Å². The quantitative estimate of drug-likeness (QED) is 0.790. The van der Waals surface area contributed by atoms with Crippen molar-refractivity contribution in [3.63, 3.8) is 0 Å². The van der Waals surface area contributed by atoms with Crippen molar-refractivity contribution >= 4 is 25.5 Å². The van der Waals surface area contributed by atoms with E-state index in [1.807, 2.05) is 6.07 Å². The fourth-order valence-corrected chi connectivity index (χ4v) is 5.60. The number of fused-ring (bicyclic) bond motifs is 1. The molecule has 0 spiro atoms. The molecule has 1 aromatic carbocycles. The molecule has 19 heavy (non-hydrogen) atoms. The van der Waals surface area contributed by atoms with Gasteiger partial charge in [0.1, 0.15) is 0 Å². The normalized spacial score (nSPS) is 17.1. The molecule has 106 valence electrons. The second-order valence-electron chi connectivity index (χ2n) is 4.77. The zero-order chi connectivity index (χ0) is 14.3. The van der Waals surface area contributed by atoms with Gasteiger partial charge in [-0.3, -0.25) is 0 Å². The van der Waals surface area contributed by atoms with E-state index in [-0.39, 0.29) is 6.54 Å². The summed E-state index contributed by atoms with van der Waals surface area (Å²) in [6, 6.07) is 5.39. The largest absolute Gasteiger partial charge is 0.399 e. The molecule has 1 aliphatic rings. The minimum Gasteiger partial charge on any atom is -0.399 e. The molecule has 0 amide bonds. The molecular weight excluding hydrogens is 288 g/mol. The highest BCUT2D eigenvalue weighted by Crippen LogP contribution is 2.23. The molecule has 0 saturated heterocycles. The third kappa shape index (κ3) is 3.46. The van der Waals surface area contributed by atoms with Crippen LogP contribution in [0.1, 0.15) is 11.1 Å². The van der Waals surface area contributed by atoms with Gasteiger partial charge in [-0.2, -0.15) is 4.31 Å². The summed E-state index contributed by atoms with van der Waals surface area (Å²) in [4.78, 5) is 0. The van der Waals surface area contributed by atoms with Gasteiger partial charge in [0.05, 0.1) is 0 Å². The lowest BCUT2D eigenvalue weighted by Crippen LogP contribution is -2.39. The molecule has 6 nitrogen and oxygen atoms in total. The van der Waals surface area contributed by atoms with E-state index in [2.05, 4.69) is 0 Å². The number of sulfone groups is 1. The van der Waals surface area contributed by atoms with Crippen molar-refractivity contribution in [2.24, 2.45) is 0 Å². The summed E-state index contributed by atoms with van der Waals surface area (Å²) in [5.74, 6) is 0. The first-order valence-corrected chi connectivity index (χ1v) is 9.37. The Morgan fingerprint density at radius 2 is 1.89 bits per heavy atom. The molecule has 0 unspecified atom stereocenters. The van der Waals surface area contributed by atoms with Crippen LogP contribution in [0.5, 0.6) is 0 Å². The highest BCUT2D eigenvalue weighted by Gasteiger charge is 2.29. The predicted octanol–water partition coefficient (Wildman–Crippen LogP) is -0.0412. The molecule has 0 aromatic heterocycles. The van der Waals surface area contributed by atoms with Crippen molar-refractivity contribution in [1.82, 2.24) is 4.31 Å². The summed E-state index contributed by atoms with van der Waals surface area (Å²) >= 11 is 0. The molecule has 2 N–H and O–H groups in total. The molecule has 0 bridgehead atoms. The van der Waals surface area contributed by atoms with Crippen molar-refractivity contribution in [2.75, 3.05) is 23.6 Å². The van der Waals surface area contributed by atoms with Gasteiger partial charge in [-0.1, -0.05) is 6.07 Å². The monoisotopic (exact) mass is 304 g/mol. The van der Waals surface area contributed by atoms with Crippen LogP contribution in [0.3, 0.4) is 0 Å². The van der Waals surface area contributed by atoms with E-state index in [4.69, 9.17) is 5.73 Å². The number of hydrogen-bond donors (Lipinski definition) is 1. The van der Waals surface area contributed by atoms with Crippen LogP contribution in [0.2, 0.25) is 0 Å². The molecule has 2 rings (SSSR count). The van der Waals surface area contributed by atoms with E-state index in [1.54, 1.807) is 12.1 Å². The van der Waals surface area contributed by atoms with Gasteiger partial charge < -0.3 is 5.73 Å². The highest BCUT2D eigenvalue weighted by molar-refractivity contribution is 8.06. The van der Waals surface area contributed by atoms with Crippen LogP contribution in [-0.2, 0) is 32.8 Å². The van der Waals surface area contributed by atoms with E-state index in [0.717, 1.165) is 17.4 Å².